The van der Waals surface area contributed by atoms with E-state index in [-0.39, 0.29) is 0 Å². The zero-order valence-electron chi connectivity index (χ0n) is 12.6. The molecule has 20 heavy (non-hydrogen) atoms. The Bertz CT molecular complexity index is 418. The molecule has 0 fully saturated rings. The first-order valence-electron chi connectivity index (χ1n) is 6.25. The third-order valence-electron chi connectivity index (χ3n) is 2.23. The molecule has 0 aliphatic rings. The molecule has 1 N–H and O–H groups in total. The van der Waals surface area contributed by atoms with E-state index in [9.17, 15) is 9.59 Å². The Morgan fingerprint density at radius 2 is 1.90 bits per heavy atom. The van der Waals surface area contributed by atoms with Crippen LogP contribution in [0.4, 0.5) is 4.79 Å². The van der Waals surface area contributed by atoms with Crippen LogP contribution in [0.15, 0.2) is 12.2 Å². The van der Waals surface area contributed by atoms with Gasteiger partial charge in [-0.15, -0.1) is 0 Å². The second-order valence-corrected chi connectivity index (χ2v) is 5.39. The fourth-order valence-electron chi connectivity index (χ4n) is 1.35. The van der Waals surface area contributed by atoms with Crippen molar-refractivity contribution in [3.8, 4) is 0 Å². The van der Waals surface area contributed by atoms with Crippen molar-refractivity contribution in [3.63, 3.8) is 0 Å². The highest BCUT2D eigenvalue weighted by Gasteiger charge is 2.35. The largest absolute Gasteiger partial charge is 0.467 e. The highest BCUT2D eigenvalue weighted by Crippen LogP contribution is 2.13. The maximum absolute atomic E-state index is 11.8. The molecule has 0 spiro atoms. The van der Waals surface area contributed by atoms with Crippen LogP contribution in [-0.4, -0.2) is 36.9 Å². The quantitative estimate of drug-likeness (QED) is 0.363. The van der Waals surface area contributed by atoms with Gasteiger partial charge in [0.2, 0.25) is 6.54 Å². The zero-order valence-corrected chi connectivity index (χ0v) is 12.6. The highest BCUT2D eigenvalue weighted by molar-refractivity contribution is 5.87. The van der Waals surface area contributed by atoms with Crippen molar-refractivity contribution in [2.24, 2.45) is 0 Å². The van der Waals surface area contributed by atoms with Gasteiger partial charge in [0, 0.05) is 6.42 Å². The molecule has 0 heterocycles. The van der Waals surface area contributed by atoms with Crippen LogP contribution in [0.25, 0.3) is 4.85 Å². The van der Waals surface area contributed by atoms with Crippen LogP contribution in [0.5, 0.6) is 0 Å². The molecule has 1 unspecified atom stereocenters. The Kier molecular flexibility index (Phi) is 6.77. The van der Waals surface area contributed by atoms with Gasteiger partial charge in [-0.3, -0.25) is 0 Å². The number of hydrogen-bond acceptors (Lipinski definition) is 4. The Hall–Kier alpha value is -2.03. The van der Waals surface area contributed by atoms with Crippen LogP contribution in [-0.2, 0) is 14.3 Å². The molecule has 1 atom stereocenters. The van der Waals surface area contributed by atoms with Gasteiger partial charge in [0.05, 0.1) is 7.11 Å². The normalized spacial score (nSPS) is 14.2. The Labute approximate surface area is 119 Å². The maximum atomic E-state index is 11.8. The molecule has 0 aromatic rings. The average Bonchev–Trinajstić information content (AvgIpc) is 2.31. The number of esters is 1. The summed E-state index contributed by atoms with van der Waals surface area (Å²) in [4.78, 5) is 26.8. The first kappa shape index (κ1) is 18.0. The number of nitrogens with zero attached hydrogens (tertiary/aromatic N) is 1. The second-order valence-electron chi connectivity index (χ2n) is 5.39. The predicted octanol–water partition coefficient (Wildman–Crippen LogP) is 2.31. The highest BCUT2D eigenvalue weighted by atomic mass is 16.6. The lowest BCUT2D eigenvalue weighted by molar-refractivity contribution is -0.145. The molecule has 1 amide bonds. The minimum Gasteiger partial charge on any atom is -0.467 e. The van der Waals surface area contributed by atoms with Crippen LogP contribution in [0.1, 0.15) is 34.1 Å². The van der Waals surface area contributed by atoms with Crippen molar-refractivity contribution in [2.45, 2.75) is 45.3 Å². The number of carbonyl (C=O) groups excluding carboxylic acids is 2. The third kappa shape index (κ3) is 6.78. The number of methoxy groups -OCH3 is 1. The van der Waals surface area contributed by atoms with E-state index in [4.69, 9.17) is 11.3 Å². The van der Waals surface area contributed by atoms with E-state index in [1.807, 2.05) is 0 Å². The Morgan fingerprint density at radius 3 is 2.35 bits per heavy atom. The molecule has 0 aromatic carbocycles. The fourth-order valence-corrected chi connectivity index (χ4v) is 1.35. The summed E-state index contributed by atoms with van der Waals surface area (Å²) < 4.78 is 9.80. The molecule has 6 nitrogen and oxygen atoms in total. The fraction of sp³-hybridized carbons (Fsp3) is 0.643. The molecule has 0 radical (unpaired) electrons. The molecule has 0 saturated heterocycles. The first-order chi connectivity index (χ1) is 9.14. The summed E-state index contributed by atoms with van der Waals surface area (Å²) in [6.07, 6.45) is 2.95. The van der Waals surface area contributed by atoms with Gasteiger partial charge >= 0.3 is 12.1 Å². The van der Waals surface area contributed by atoms with Crippen molar-refractivity contribution >= 4 is 12.1 Å². The number of amides is 1. The van der Waals surface area contributed by atoms with Crippen molar-refractivity contribution in [1.29, 1.82) is 0 Å². The Balaban J connectivity index is 4.88. The molecule has 0 aliphatic heterocycles. The van der Waals surface area contributed by atoms with Crippen molar-refractivity contribution in [3.05, 3.63) is 23.6 Å². The van der Waals surface area contributed by atoms with Crippen LogP contribution in [0.2, 0.25) is 0 Å². The summed E-state index contributed by atoms with van der Waals surface area (Å²) in [5.74, 6) is -0.609. The first-order valence-corrected chi connectivity index (χ1v) is 6.25. The summed E-state index contributed by atoms with van der Waals surface area (Å²) in [6, 6.07) is 0. The van der Waals surface area contributed by atoms with E-state index in [0.29, 0.717) is 13.0 Å². The number of nitrogens with one attached hydrogen (secondary N) is 1. The topological polar surface area (TPSA) is 69.0 Å². The summed E-state index contributed by atoms with van der Waals surface area (Å²) in [6.45, 7) is 13.7. The summed E-state index contributed by atoms with van der Waals surface area (Å²) in [5.41, 5.74) is -1.98. The SMILES string of the molecule is [C-]#[N+]CC/C=C\C(C)(NC(=O)OC(C)(C)C)C(=O)OC. The molecule has 0 bridgehead atoms. The number of rotatable bonds is 5. The maximum Gasteiger partial charge on any atom is 0.408 e. The molecule has 0 aliphatic carbocycles. The van der Waals surface area contributed by atoms with Gasteiger partial charge in [-0.2, -0.15) is 0 Å². The van der Waals surface area contributed by atoms with Crippen LogP contribution in [0, 0.1) is 6.57 Å². The van der Waals surface area contributed by atoms with E-state index in [1.165, 1.54) is 20.1 Å². The van der Waals surface area contributed by atoms with Gasteiger partial charge in [0.1, 0.15) is 5.60 Å². The number of carbonyl (C=O) groups is 2. The van der Waals surface area contributed by atoms with Crippen molar-refractivity contribution in [1.82, 2.24) is 5.32 Å². The minimum atomic E-state index is -1.32. The number of ether oxygens (including phenoxy) is 2. The molecule has 0 rings (SSSR count). The lowest BCUT2D eigenvalue weighted by Gasteiger charge is -2.27. The van der Waals surface area contributed by atoms with E-state index in [1.54, 1.807) is 26.8 Å². The smallest absolute Gasteiger partial charge is 0.408 e. The molecule has 0 saturated carbocycles. The lowest BCUT2D eigenvalue weighted by atomic mass is 10.0. The molecular weight excluding hydrogens is 260 g/mol. The van der Waals surface area contributed by atoms with Crippen LogP contribution < -0.4 is 5.32 Å². The molecule has 112 valence electrons. The Morgan fingerprint density at radius 1 is 1.30 bits per heavy atom. The van der Waals surface area contributed by atoms with Crippen LogP contribution >= 0.6 is 0 Å². The molecule has 6 heteroatoms. The second kappa shape index (κ2) is 7.53. The van der Waals surface area contributed by atoms with Crippen molar-refractivity contribution < 1.29 is 19.1 Å². The van der Waals surface area contributed by atoms with Gasteiger partial charge in [-0.1, -0.05) is 12.2 Å². The molecular formula is C14H22N2O4. The van der Waals surface area contributed by atoms with E-state index < -0.39 is 23.2 Å². The predicted molar refractivity (Wildman–Crippen MR) is 75.0 cm³/mol. The van der Waals surface area contributed by atoms with Gasteiger partial charge in [-0.05, 0) is 27.7 Å². The van der Waals surface area contributed by atoms with E-state index >= 15 is 0 Å². The van der Waals surface area contributed by atoms with Gasteiger partial charge < -0.3 is 19.6 Å². The van der Waals surface area contributed by atoms with Gasteiger partial charge in [-0.25, -0.2) is 16.2 Å². The summed E-state index contributed by atoms with van der Waals surface area (Å²) in [5, 5.41) is 2.48. The number of hydrogen-bond donors (Lipinski definition) is 1. The minimum absolute atomic E-state index is 0.320. The average molecular weight is 282 g/mol. The standard InChI is InChI=1S/C14H22N2O4/c1-13(2,3)20-12(18)16-14(4,11(17)19-6)9-7-8-10-15-5/h7,9H,8,10H2,1-4,6H3,(H,16,18)/b9-7-. The van der Waals surface area contributed by atoms with Gasteiger partial charge in [0.15, 0.2) is 5.54 Å². The summed E-state index contributed by atoms with van der Waals surface area (Å²) in [7, 11) is 1.24. The molecule has 0 aromatic heterocycles. The third-order valence-corrected chi connectivity index (χ3v) is 2.23. The lowest BCUT2D eigenvalue weighted by Crippen LogP contribution is -2.52. The zero-order chi connectivity index (χ0) is 15.8. The van der Waals surface area contributed by atoms with Gasteiger partial charge in [0.25, 0.3) is 0 Å². The number of alkyl carbamates (subject to hydrolysis) is 1. The van der Waals surface area contributed by atoms with E-state index in [2.05, 4.69) is 14.9 Å². The summed E-state index contributed by atoms with van der Waals surface area (Å²) >= 11 is 0. The van der Waals surface area contributed by atoms with E-state index in [0.717, 1.165) is 0 Å². The van der Waals surface area contributed by atoms with Crippen molar-refractivity contribution in [2.75, 3.05) is 13.7 Å². The van der Waals surface area contributed by atoms with Crippen LogP contribution in [0.3, 0.4) is 0 Å². The monoisotopic (exact) mass is 282 g/mol.